The van der Waals surface area contributed by atoms with Crippen molar-refractivity contribution >= 4 is 11.8 Å². The fourth-order valence-electron chi connectivity index (χ4n) is 4.68. The van der Waals surface area contributed by atoms with E-state index < -0.39 is 0 Å². The van der Waals surface area contributed by atoms with Gasteiger partial charge in [-0.05, 0) is 55.4 Å². The molecule has 8 heteroatoms. The van der Waals surface area contributed by atoms with E-state index in [1.165, 1.54) is 5.56 Å². The lowest BCUT2D eigenvalue weighted by atomic mass is 10.1. The first-order valence-electron chi connectivity index (χ1n) is 12.4. The number of amides is 2. The molecule has 0 saturated carbocycles. The Balaban J connectivity index is 1.16. The number of nitrogens with zero attached hydrogens (tertiary/aromatic N) is 3. The molecule has 2 aromatic carbocycles. The molecule has 0 radical (unpaired) electrons. The Kier molecular flexibility index (Phi) is 8.60. The standard InChI is InChI=1S/C27H36N4O4/c1-29(20-23-8-11-26(32)28-23)19-21-4-3-5-25(18-21)35-17-16-30-12-14-31(15-13-30)27(33)22-6-9-24(34-2)10-7-22/h3-7,9-10,18,23H,8,11-17,19-20H2,1-2H3,(H,28,32)/t23-/m0/s1. The van der Waals surface area contributed by atoms with Crippen molar-refractivity contribution in [1.29, 1.82) is 0 Å². The van der Waals surface area contributed by atoms with Crippen LogP contribution in [0.5, 0.6) is 11.5 Å². The second-order valence-electron chi connectivity index (χ2n) is 9.36. The topological polar surface area (TPSA) is 74.4 Å². The molecular formula is C27H36N4O4. The maximum Gasteiger partial charge on any atom is 0.253 e. The number of rotatable bonds is 10. The molecule has 0 bridgehead atoms. The number of carbonyl (C=O) groups is 2. The van der Waals surface area contributed by atoms with E-state index >= 15 is 0 Å². The first-order valence-corrected chi connectivity index (χ1v) is 12.4. The molecule has 2 amide bonds. The minimum atomic E-state index is 0.0700. The Bertz CT molecular complexity index is 989. The average molecular weight is 481 g/mol. The van der Waals surface area contributed by atoms with Gasteiger partial charge in [-0.3, -0.25) is 14.5 Å². The molecule has 2 heterocycles. The summed E-state index contributed by atoms with van der Waals surface area (Å²) in [5.74, 6) is 1.85. The van der Waals surface area contributed by atoms with Crippen LogP contribution in [-0.2, 0) is 11.3 Å². The van der Waals surface area contributed by atoms with E-state index in [1.54, 1.807) is 7.11 Å². The lowest BCUT2D eigenvalue weighted by Crippen LogP contribution is -2.49. The summed E-state index contributed by atoms with van der Waals surface area (Å²) in [6.07, 6.45) is 1.55. The molecule has 8 nitrogen and oxygen atoms in total. The number of likely N-dealkylation sites (N-methyl/N-ethyl adjacent to an activating group) is 1. The third kappa shape index (κ3) is 7.19. The molecule has 1 N–H and O–H groups in total. The van der Waals surface area contributed by atoms with Gasteiger partial charge in [0.15, 0.2) is 0 Å². The normalized spacial score (nSPS) is 18.5. The number of benzene rings is 2. The maximum absolute atomic E-state index is 12.7. The van der Waals surface area contributed by atoms with Crippen molar-refractivity contribution in [3.63, 3.8) is 0 Å². The molecule has 1 atom stereocenters. The van der Waals surface area contributed by atoms with E-state index in [0.29, 0.717) is 31.7 Å². The summed E-state index contributed by atoms with van der Waals surface area (Å²) in [5, 5.41) is 3.03. The number of ether oxygens (including phenoxy) is 2. The van der Waals surface area contributed by atoms with E-state index in [4.69, 9.17) is 9.47 Å². The zero-order chi connectivity index (χ0) is 24.6. The van der Waals surface area contributed by atoms with Gasteiger partial charge in [0.1, 0.15) is 18.1 Å². The van der Waals surface area contributed by atoms with Gasteiger partial charge in [0.25, 0.3) is 5.91 Å². The number of piperazine rings is 1. The molecule has 4 rings (SSSR count). The van der Waals surface area contributed by atoms with Crippen LogP contribution in [0.4, 0.5) is 0 Å². The highest BCUT2D eigenvalue weighted by atomic mass is 16.5. The van der Waals surface area contributed by atoms with Crippen LogP contribution in [0.1, 0.15) is 28.8 Å². The molecule has 2 fully saturated rings. The number of carbonyl (C=O) groups excluding carboxylic acids is 2. The molecule has 0 unspecified atom stereocenters. The third-order valence-corrected chi connectivity index (χ3v) is 6.64. The van der Waals surface area contributed by atoms with Gasteiger partial charge in [-0.15, -0.1) is 0 Å². The van der Waals surface area contributed by atoms with Gasteiger partial charge in [-0.2, -0.15) is 0 Å². The summed E-state index contributed by atoms with van der Waals surface area (Å²) in [6, 6.07) is 15.8. The maximum atomic E-state index is 12.7. The van der Waals surface area contributed by atoms with Crippen molar-refractivity contribution in [2.24, 2.45) is 0 Å². The molecule has 2 aliphatic rings. The molecule has 188 valence electrons. The minimum absolute atomic E-state index is 0.0700. The van der Waals surface area contributed by atoms with Crippen LogP contribution in [0.2, 0.25) is 0 Å². The van der Waals surface area contributed by atoms with Crippen molar-refractivity contribution in [1.82, 2.24) is 20.0 Å². The summed E-state index contributed by atoms with van der Waals surface area (Å²) in [6.45, 7) is 6.22. The molecular weight excluding hydrogens is 444 g/mol. The van der Waals surface area contributed by atoms with Gasteiger partial charge in [0, 0.05) is 63.8 Å². The highest BCUT2D eigenvalue weighted by Gasteiger charge is 2.23. The lowest BCUT2D eigenvalue weighted by Gasteiger charge is -2.34. The van der Waals surface area contributed by atoms with Crippen LogP contribution in [0.25, 0.3) is 0 Å². The van der Waals surface area contributed by atoms with Crippen molar-refractivity contribution in [2.75, 3.05) is 60.0 Å². The van der Waals surface area contributed by atoms with E-state index in [9.17, 15) is 9.59 Å². The summed E-state index contributed by atoms with van der Waals surface area (Å²) < 4.78 is 11.2. The predicted octanol–water partition coefficient (Wildman–Crippen LogP) is 2.24. The first kappa shape index (κ1) is 25.0. The fourth-order valence-corrected chi connectivity index (χ4v) is 4.68. The summed E-state index contributed by atoms with van der Waals surface area (Å²) >= 11 is 0. The van der Waals surface area contributed by atoms with E-state index in [0.717, 1.165) is 50.6 Å². The molecule has 0 aliphatic carbocycles. The summed E-state index contributed by atoms with van der Waals surface area (Å²) in [5.41, 5.74) is 1.89. The number of hydrogen-bond donors (Lipinski definition) is 1. The zero-order valence-corrected chi connectivity index (χ0v) is 20.7. The van der Waals surface area contributed by atoms with Crippen LogP contribution in [-0.4, -0.2) is 92.6 Å². The lowest BCUT2D eigenvalue weighted by molar-refractivity contribution is -0.119. The van der Waals surface area contributed by atoms with Crippen molar-refractivity contribution in [2.45, 2.75) is 25.4 Å². The fraction of sp³-hybridized carbons (Fsp3) is 0.481. The second kappa shape index (κ2) is 12.0. The first-order chi connectivity index (χ1) is 17.0. The van der Waals surface area contributed by atoms with Gasteiger partial charge in [-0.1, -0.05) is 12.1 Å². The predicted molar refractivity (Wildman–Crippen MR) is 135 cm³/mol. The van der Waals surface area contributed by atoms with Crippen LogP contribution in [0, 0.1) is 0 Å². The Morgan fingerprint density at radius 1 is 1.09 bits per heavy atom. The van der Waals surface area contributed by atoms with Gasteiger partial charge >= 0.3 is 0 Å². The Morgan fingerprint density at radius 3 is 2.54 bits per heavy atom. The highest BCUT2D eigenvalue weighted by molar-refractivity contribution is 5.94. The van der Waals surface area contributed by atoms with E-state index in [2.05, 4.69) is 34.3 Å². The largest absolute Gasteiger partial charge is 0.497 e. The quantitative estimate of drug-likeness (QED) is 0.562. The van der Waals surface area contributed by atoms with Crippen molar-refractivity contribution < 1.29 is 19.1 Å². The minimum Gasteiger partial charge on any atom is -0.497 e. The smallest absolute Gasteiger partial charge is 0.253 e. The van der Waals surface area contributed by atoms with Gasteiger partial charge in [-0.25, -0.2) is 0 Å². The molecule has 0 spiro atoms. The second-order valence-corrected chi connectivity index (χ2v) is 9.36. The highest BCUT2D eigenvalue weighted by Crippen LogP contribution is 2.17. The number of methoxy groups -OCH3 is 1. The molecule has 0 aromatic heterocycles. The van der Waals surface area contributed by atoms with E-state index in [-0.39, 0.29) is 17.9 Å². The van der Waals surface area contributed by atoms with Crippen LogP contribution in [0.3, 0.4) is 0 Å². The van der Waals surface area contributed by atoms with Crippen LogP contribution < -0.4 is 14.8 Å². The van der Waals surface area contributed by atoms with Crippen molar-refractivity contribution in [3.05, 3.63) is 59.7 Å². The van der Waals surface area contributed by atoms with Gasteiger partial charge in [0.2, 0.25) is 5.91 Å². The molecule has 35 heavy (non-hydrogen) atoms. The number of hydrogen-bond acceptors (Lipinski definition) is 6. The summed E-state index contributed by atoms with van der Waals surface area (Å²) in [4.78, 5) is 30.6. The van der Waals surface area contributed by atoms with Gasteiger partial charge in [0.05, 0.1) is 7.11 Å². The van der Waals surface area contributed by atoms with E-state index in [1.807, 2.05) is 41.3 Å². The monoisotopic (exact) mass is 480 g/mol. The molecule has 2 aliphatic heterocycles. The molecule has 2 saturated heterocycles. The molecule has 2 aromatic rings. The van der Waals surface area contributed by atoms with Gasteiger partial charge < -0.3 is 24.6 Å². The average Bonchev–Trinajstić information content (AvgIpc) is 3.28. The SMILES string of the molecule is COc1ccc(C(=O)N2CCN(CCOc3cccc(CN(C)C[C@@H]4CCC(=O)N4)c3)CC2)cc1. The van der Waals surface area contributed by atoms with Crippen LogP contribution in [0.15, 0.2) is 48.5 Å². The Hall–Kier alpha value is -3.10. The van der Waals surface area contributed by atoms with Crippen molar-refractivity contribution in [3.8, 4) is 11.5 Å². The summed E-state index contributed by atoms with van der Waals surface area (Å²) in [7, 11) is 3.70. The number of nitrogens with one attached hydrogen (secondary N) is 1. The third-order valence-electron chi connectivity index (χ3n) is 6.64. The van der Waals surface area contributed by atoms with Crippen LogP contribution >= 0.6 is 0 Å². The Morgan fingerprint density at radius 2 is 1.86 bits per heavy atom. The Labute approximate surface area is 207 Å². The zero-order valence-electron chi connectivity index (χ0n) is 20.7.